The topological polar surface area (TPSA) is 61.8 Å². The summed E-state index contributed by atoms with van der Waals surface area (Å²) >= 11 is 0. The standard InChI is InChI=1S/C16H30N2O3/c1-12-4-5-13(2)18(12)14(3)15(20)17-10-16(11-19)6-8-21-9-7-16/h12-14,19H,4-11H2,1-3H3,(H,17,20)/t12-,13-,14+/m1/s1. The minimum Gasteiger partial charge on any atom is -0.396 e. The zero-order chi connectivity index (χ0) is 15.5. The van der Waals surface area contributed by atoms with Gasteiger partial charge in [0, 0.05) is 37.3 Å². The normalized spacial score (nSPS) is 31.0. The molecule has 3 atom stereocenters. The molecule has 2 saturated heterocycles. The summed E-state index contributed by atoms with van der Waals surface area (Å²) in [5.74, 6) is 0.0786. The Morgan fingerprint density at radius 2 is 1.90 bits per heavy atom. The van der Waals surface area contributed by atoms with Crippen molar-refractivity contribution < 1.29 is 14.6 Å². The van der Waals surface area contributed by atoms with Gasteiger partial charge in [0.2, 0.25) is 5.91 Å². The molecule has 0 aromatic rings. The van der Waals surface area contributed by atoms with Crippen LogP contribution in [0.3, 0.4) is 0 Å². The fraction of sp³-hybridized carbons (Fsp3) is 0.938. The van der Waals surface area contributed by atoms with Crippen molar-refractivity contribution in [2.45, 2.75) is 64.6 Å². The van der Waals surface area contributed by atoms with Gasteiger partial charge in [0.05, 0.1) is 12.6 Å². The summed E-state index contributed by atoms with van der Waals surface area (Å²) in [5, 5.41) is 12.7. The third-order valence-corrected chi connectivity index (χ3v) is 5.37. The second-order valence-corrected chi connectivity index (χ2v) is 6.89. The molecule has 5 nitrogen and oxygen atoms in total. The van der Waals surface area contributed by atoms with Gasteiger partial charge in [0.15, 0.2) is 0 Å². The molecule has 122 valence electrons. The molecule has 0 spiro atoms. The lowest BCUT2D eigenvalue weighted by Gasteiger charge is -2.37. The third kappa shape index (κ3) is 3.76. The largest absolute Gasteiger partial charge is 0.396 e. The van der Waals surface area contributed by atoms with E-state index in [1.165, 1.54) is 0 Å². The Hall–Kier alpha value is -0.650. The van der Waals surface area contributed by atoms with Gasteiger partial charge >= 0.3 is 0 Å². The second-order valence-electron chi connectivity index (χ2n) is 6.89. The maximum absolute atomic E-state index is 12.5. The number of ether oxygens (including phenoxy) is 1. The van der Waals surface area contributed by atoms with E-state index in [0.717, 1.165) is 25.7 Å². The first-order chi connectivity index (χ1) is 9.99. The van der Waals surface area contributed by atoms with Crippen molar-refractivity contribution in [3.8, 4) is 0 Å². The second kappa shape index (κ2) is 7.07. The van der Waals surface area contributed by atoms with Crippen molar-refractivity contribution in [3.63, 3.8) is 0 Å². The smallest absolute Gasteiger partial charge is 0.237 e. The molecule has 2 heterocycles. The van der Waals surface area contributed by atoms with Gasteiger partial charge in [0.1, 0.15) is 0 Å². The SMILES string of the molecule is C[C@@H]1CC[C@@H](C)N1[C@@H](C)C(=O)NCC1(CO)CCOCC1. The lowest BCUT2D eigenvalue weighted by atomic mass is 9.81. The summed E-state index contributed by atoms with van der Waals surface area (Å²) < 4.78 is 5.36. The monoisotopic (exact) mass is 298 g/mol. The molecule has 0 aliphatic carbocycles. The highest BCUT2D eigenvalue weighted by atomic mass is 16.5. The number of nitrogens with zero attached hydrogens (tertiary/aromatic N) is 1. The average Bonchev–Trinajstić information content (AvgIpc) is 2.84. The van der Waals surface area contributed by atoms with Crippen LogP contribution >= 0.6 is 0 Å². The molecule has 0 saturated carbocycles. The van der Waals surface area contributed by atoms with Crippen LogP contribution in [0.25, 0.3) is 0 Å². The maximum atomic E-state index is 12.5. The van der Waals surface area contributed by atoms with Crippen LogP contribution < -0.4 is 5.32 Å². The van der Waals surface area contributed by atoms with Crippen molar-refractivity contribution in [2.24, 2.45) is 5.41 Å². The van der Waals surface area contributed by atoms with E-state index in [4.69, 9.17) is 4.74 Å². The summed E-state index contributed by atoms with van der Waals surface area (Å²) in [6, 6.07) is 0.833. The number of amides is 1. The van der Waals surface area contributed by atoms with Gasteiger partial charge in [-0.1, -0.05) is 0 Å². The molecule has 0 bridgehead atoms. The maximum Gasteiger partial charge on any atom is 0.237 e. The molecule has 0 aromatic carbocycles. The van der Waals surface area contributed by atoms with Crippen molar-refractivity contribution >= 4 is 5.91 Å². The van der Waals surface area contributed by atoms with Gasteiger partial charge in [-0.25, -0.2) is 0 Å². The Morgan fingerprint density at radius 3 is 2.43 bits per heavy atom. The lowest BCUT2D eigenvalue weighted by Crippen LogP contribution is -2.52. The van der Waals surface area contributed by atoms with Crippen LogP contribution in [0.1, 0.15) is 46.5 Å². The number of carbonyl (C=O) groups excluding carboxylic acids is 1. The van der Waals surface area contributed by atoms with E-state index < -0.39 is 0 Å². The van der Waals surface area contributed by atoms with E-state index in [0.29, 0.717) is 31.8 Å². The number of hydrogen-bond donors (Lipinski definition) is 2. The number of rotatable bonds is 5. The molecule has 1 amide bonds. The van der Waals surface area contributed by atoms with E-state index in [1.54, 1.807) is 0 Å². The Balaban J connectivity index is 1.88. The van der Waals surface area contributed by atoms with E-state index in [1.807, 2.05) is 6.92 Å². The zero-order valence-electron chi connectivity index (χ0n) is 13.6. The summed E-state index contributed by atoms with van der Waals surface area (Å²) in [6.45, 7) is 8.39. The molecule has 2 N–H and O–H groups in total. The van der Waals surface area contributed by atoms with E-state index in [-0.39, 0.29) is 24.0 Å². The average molecular weight is 298 g/mol. The number of carbonyl (C=O) groups is 1. The molecule has 0 radical (unpaired) electrons. The highest BCUT2D eigenvalue weighted by Gasteiger charge is 2.36. The van der Waals surface area contributed by atoms with Crippen LogP contribution in [0, 0.1) is 5.41 Å². The van der Waals surface area contributed by atoms with Gasteiger partial charge in [-0.05, 0) is 46.5 Å². The number of aliphatic hydroxyl groups is 1. The Labute approximate surface area is 128 Å². The molecular formula is C16H30N2O3. The summed E-state index contributed by atoms with van der Waals surface area (Å²) in [5.41, 5.74) is -0.199. The van der Waals surface area contributed by atoms with Gasteiger partial charge in [-0.2, -0.15) is 0 Å². The third-order valence-electron chi connectivity index (χ3n) is 5.37. The predicted molar refractivity (Wildman–Crippen MR) is 82.0 cm³/mol. The quantitative estimate of drug-likeness (QED) is 0.799. The first-order valence-electron chi connectivity index (χ1n) is 8.23. The van der Waals surface area contributed by atoms with Crippen LogP contribution in [0.15, 0.2) is 0 Å². The molecule has 0 unspecified atom stereocenters. The number of hydrogen-bond acceptors (Lipinski definition) is 4. The van der Waals surface area contributed by atoms with Crippen LogP contribution in [0.2, 0.25) is 0 Å². The molecular weight excluding hydrogens is 268 g/mol. The number of nitrogens with one attached hydrogen (secondary N) is 1. The lowest BCUT2D eigenvalue weighted by molar-refractivity contribution is -0.128. The fourth-order valence-electron chi connectivity index (χ4n) is 3.73. The van der Waals surface area contributed by atoms with Gasteiger partial charge in [0.25, 0.3) is 0 Å². The fourth-order valence-corrected chi connectivity index (χ4v) is 3.73. The van der Waals surface area contributed by atoms with Crippen molar-refractivity contribution in [3.05, 3.63) is 0 Å². The summed E-state index contributed by atoms with van der Waals surface area (Å²) in [6.07, 6.45) is 3.96. The van der Waals surface area contributed by atoms with E-state index in [9.17, 15) is 9.90 Å². The zero-order valence-corrected chi connectivity index (χ0v) is 13.6. The van der Waals surface area contributed by atoms with Crippen LogP contribution in [-0.2, 0) is 9.53 Å². The Bertz CT molecular complexity index is 345. The predicted octanol–water partition coefficient (Wildman–Crippen LogP) is 1.15. The van der Waals surface area contributed by atoms with Crippen molar-refractivity contribution in [1.29, 1.82) is 0 Å². The first kappa shape index (κ1) is 16.7. The number of likely N-dealkylation sites (tertiary alicyclic amines) is 1. The summed E-state index contributed by atoms with van der Waals surface area (Å²) in [7, 11) is 0. The van der Waals surface area contributed by atoms with Crippen molar-refractivity contribution in [2.75, 3.05) is 26.4 Å². The molecule has 21 heavy (non-hydrogen) atoms. The van der Waals surface area contributed by atoms with Crippen molar-refractivity contribution in [1.82, 2.24) is 10.2 Å². The van der Waals surface area contributed by atoms with Gasteiger partial charge in [-0.15, -0.1) is 0 Å². The van der Waals surface area contributed by atoms with E-state index in [2.05, 4.69) is 24.1 Å². The van der Waals surface area contributed by atoms with Gasteiger partial charge < -0.3 is 15.2 Å². The number of aliphatic hydroxyl groups excluding tert-OH is 1. The molecule has 5 heteroatoms. The van der Waals surface area contributed by atoms with Crippen LogP contribution in [0.4, 0.5) is 0 Å². The molecule has 0 aromatic heterocycles. The van der Waals surface area contributed by atoms with Crippen LogP contribution in [0.5, 0.6) is 0 Å². The molecule has 2 fully saturated rings. The minimum atomic E-state index is -0.199. The van der Waals surface area contributed by atoms with Crippen LogP contribution in [-0.4, -0.2) is 60.4 Å². The Morgan fingerprint density at radius 1 is 1.33 bits per heavy atom. The Kier molecular flexibility index (Phi) is 5.63. The molecule has 2 aliphatic rings. The highest BCUT2D eigenvalue weighted by Crippen LogP contribution is 2.29. The van der Waals surface area contributed by atoms with E-state index >= 15 is 0 Å². The first-order valence-corrected chi connectivity index (χ1v) is 8.23. The minimum absolute atomic E-state index is 0.0786. The molecule has 2 rings (SSSR count). The highest BCUT2D eigenvalue weighted by molar-refractivity contribution is 5.81. The summed E-state index contributed by atoms with van der Waals surface area (Å²) in [4.78, 5) is 14.8. The van der Waals surface area contributed by atoms with Gasteiger partial charge in [-0.3, -0.25) is 9.69 Å². The molecule has 2 aliphatic heterocycles.